The summed E-state index contributed by atoms with van der Waals surface area (Å²) < 4.78 is 10.5. The summed E-state index contributed by atoms with van der Waals surface area (Å²) in [6.45, 7) is 3.35. The van der Waals surface area contributed by atoms with Crippen LogP contribution in [0.1, 0.15) is 26.7 Å². The average Bonchev–Trinajstić information content (AvgIpc) is 2.14. The number of rotatable bonds is 4. The van der Waals surface area contributed by atoms with E-state index in [1.165, 1.54) is 6.92 Å². The molecule has 0 aromatic heterocycles. The quantitative estimate of drug-likeness (QED) is 0.413. The number of carbonyl (C=O) groups excluding carboxylic acids is 1. The van der Waals surface area contributed by atoms with Crippen molar-refractivity contribution in [3.8, 4) is 11.8 Å². The Kier molecular flexibility index (Phi) is 6.16. The molecule has 0 aromatic carbocycles. The van der Waals surface area contributed by atoms with E-state index in [2.05, 4.69) is 11.8 Å². The van der Waals surface area contributed by atoms with Crippen LogP contribution in [0.25, 0.3) is 0 Å². The molecule has 0 amide bonds. The second kappa shape index (κ2) is 6.30. The lowest BCUT2D eigenvalue weighted by atomic mass is 10.0. The summed E-state index contributed by atoms with van der Waals surface area (Å²) in [5, 5.41) is -1.98. The smallest absolute Gasteiger partial charge is 0.159 e. The van der Waals surface area contributed by atoms with Crippen LogP contribution in [0, 0.1) is 17.8 Å². The molecule has 4 nitrogen and oxygen atoms in total. The number of hydrogen-bond donors (Lipinski definition) is 0. The standard InChI is InChI=1S/C9H14ClO4P/c1-3-4-5-6-7(2)8(11)9(10)15(12,13)14/h7,9H,3,6H2,1-2H3,(H2,12,13,14)/p-2. The highest BCUT2D eigenvalue weighted by Gasteiger charge is 2.23. The first-order chi connectivity index (χ1) is 6.80. The summed E-state index contributed by atoms with van der Waals surface area (Å²) in [7, 11) is -5.04. The molecule has 2 unspecified atom stereocenters. The van der Waals surface area contributed by atoms with E-state index >= 15 is 0 Å². The van der Waals surface area contributed by atoms with Gasteiger partial charge in [0.25, 0.3) is 0 Å². The van der Waals surface area contributed by atoms with Crippen LogP contribution < -0.4 is 9.79 Å². The van der Waals surface area contributed by atoms with Crippen LogP contribution in [0.5, 0.6) is 0 Å². The summed E-state index contributed by atoms with van der Waals surface area (Å²) in [5.41, 5.74) is 0. The zero-order valence-electron chi connectivity index (χ0n) is 8.53. The van der Waals surface area contributed by atoms with Crippen molar-refractivity contribution in [3.05, 3.63) is 0 Å². The van der Waals surface area contributed by atoms with Crippen LogP contribution in [-0.4, -0.2) is 10.9 Å². The minimum absolute atomic E-state index is 0.218. The molecule has 0 aliphatic heterocycles. The fraction of sp³-hybridized carbons (Fsp3) is 0.667. The topological polar surface area (TPSA) is 80.3 Å². The molecule has 0 saturated carbocycles. The molecular formula is C9H12ClO4P-2. The van der Waals surface area contributed by atoms with E-state index in [0.29, 0.717) is 6.42 Å². The highest BCUT2D eigenvalue weighted by molar-refractivity contribution is 7.53. The Morgan fingerprint density at radius 3 is 2.40 bits per heavy atom. The predicted molar refractivity (Wildman–Crippen MR) is 54.1 cm³/mol. The highest BCUT2D eigenvalue weighted by Crippen LogP contribution is 2.36. The second-order valence-electron chi connectivity index (χ2n) is 3.09. The average molecular weight is 251 g/mol. The number of Topliss-reactive ketones (excluding diaryl/α,β-unsaturated/α-hetero) is 1. The second-order valence-corrected chi connectivity index (χ2v) is 5.43. The van der Waals surface area contributed by atoms with Crippen molar-refractivity contribution >= 4 is 25.0 Å². The Morgan fingerprint density at radius 1 is 1.47 bits per heavy atom. The predicted octanol–water partition coefficient (Wildman–Crippen LogP) is 0.474. The Hall–Kier alpha value is -0.330. The molecule has 0 radical (unpaired) electrons. The van der Waals surface area contributed by atoms with Crippen molar-refractivity contribution in [2.24, 2.45) is 5.92 Å². The maximum absolute atomic E-state index is 11.3. The third kappa shape index (κ3) is 5.34. The molecule has 0 aliphatic rings. The van der Waals surface area contributed by atoms with E-state index in [1.54, 1.807) is 0 Å². The van der Waals surface area contributed by atoms with Gasteiger partial charge in [-0.15, -0.1) is 23.4 Å². The lowest BCUT2D eigenvalue weighted by Gasteiger charge is -2.34. The normalized spacial score (nSPS) is 15.0. The van der Waals surface area contributed by atoms with Gasteiger partial charge in [-0.2, -0.15) is 0 Å². The van der Waals surface area contributed by atoms with Gasteiger partial charge in [0.1, 0.15) is 5.12 Å². The van der Waals surface area contributed by atoms with Gasteiger partial charge >= 0.3 is 0 Å². The van der Waals surface area contributed by atoms with Crippen molar-refractivity contribution in [1.82, 2.24) is 0 Å². The summed E-state index contributed by atoms with van der Waals surface area (Å²) in [5.74, 6) is 4.02. The van der Waals surface area contributed by atoms with E-state index < -0.39 is 24.4 Å². The number of ketones is 1. The molecule has 0 fully saturated rings. The summed E-state index contributed by atoms with van der Waals surface area (Å²) in [4.78, 5) is 32.3. The van der Waals surface area contributed by atoms with Crippen LogP contribution in [0.2, 0.25) is 0 Å². The molecule has 0 aliphatic carbocycles. The van der Waals surface area contributed by atoms with E-state index in [4.69, 9.17) is 11.6 Å². The SMILES string of the molecule is CCC#CCC(C)C(=O)C(Cl)P(=O)([O-])[O-]. The first kappa shape index (κ1) is 14.7. The fourth-order valence-electron chi connectivity index (χ4n) is 0.841. The lowest BCUT2D eigenvalue weighted by Crippen LogP contribution is -2.31. The van der Waals surface area contributed by atoms with Gasteiger partial charge in [0.15, 0.2) is 5.78 Å². The molecule has 15 heavy (non-hydrogen) atoms. The Morgan fingerprint density at radius 2 is 2.00 bits per heavy atom. The van der Waals surface area contributed by atoms with Crippen molar-refractivity contribution in [3.63, 3.8) is 0 Å². The molecule has 0 saturated heterocycles. The Bertz CT molecular complexity index is 325. The summed E-state index contributed by atoms with van der Waals surface area (Å²) in [6.07, 6.45) is 0.878. The van der Waals surface area contributed by atoms with Crippen molar-refractivity contribution in [2.75, 3.05) is 0 Å². The van der Waals surface area contributed by atoms with Gasteiger partial charge in [-0.1, -0.05) is 13.8 Å². The van der Waals surface area contributed by atoms with Gasteiger partial charge in [0, 0.05) is 18.8 Å². The maximum atomic E-state index is 11.3. The number of carbonyl (C=O) groups is 1. The van der Waals surface area contributed by atoms with E-state index in [0.717, 1.165) is 0 Å². The molecule has 0 bridgehead atoms. The van der Waals surface area contributed by atoms with Gasteiger partial charge < -0.3 is 14.4 Å². The van der Waals surface area contributed by atoms with E-state index in [-0.39, 0.29) is 6.42 Å². The van der Waals surface area contributed by atoms with Crippen molar-refractivity contribution < 1.29 is 19.1 Å². The molecule has 0 aromatic rings. The summed E-state index contributed by atoms with van der Waals surface area (Å²) >= 11 is 5.23. The first-order valence-electron chi connectivity index (χ1n) is 4.46. The molecular weight excluding hydrogens is 239 g/mol. The molecule has 2 atom stereocenters. The van der Waals surface area contributed by atoms with Crippen LogP contribution in [0.3, 0.4) is 0 Å². The van der Waals surface area contributed by atoms with E-state index in [1.807, 2.05) is 6.92 Å². The molecule has 0 rings (SSSR count). The zero-order valence-corrected chi connectivity index (χ0v) is 10.2. The van der Waals surface area contributed by atoms with Gasteiger partial charge in [-0.05, 0) is 7.60 Å². The highest BCUT2D eigenvalue weighted by atomic mass is 35.5. The third-order valence-corrected chi connectivity index (χ3v) is 3.45. The summed E-state index contributed by atoms with van der Waals surface area (Å²) in [6, 6.07) is 0. The van der Waals surface area contributed by atoms with Gasteiger partial charge in [0.05, 0.1) is 0 Å². The molecule has 6 heteroatoms. The van der Waals surface area contributed by atoms with Crippen LogP contribution in [0.15, 0.2) is 0 Å². The minimum Gasteiger partial charge on any atom is -0.809 e. The lowest BCUT2D eigenvalue weighted by molar-refractivity contribution is -0.313. The molecule has 0 heterocycles. The number of alkyl halides is 1. The molecule has 86 valence electrons. The maximum Gasteiger partial charge on any atom is 0.159 e. The van der Waals surface area contributed by atoms with Crippen LogP contribution >= 0.6 is 19.2 Å². The third-order valence-electron chi connectivity index (χ3n) is 1.71. The Labute approximate surface area is 94.2 Å². The molecule has 0 N–H and O–H groups in total. The van der Waals surface area contributed by atoms with Crippen molar-refractivity contribution in [2.45, 2.75) is 31.8 Å². The number of hydrogen-bond acceptors (Lipinski definition) is 4. The zero-order chi connectivity index (χ0) is 12.1. The number of halogens is 1. The van der Waals surface area contributed by atoms with Gasteiger partial charge in [-0.25, -0.2) is 0 Å². The monoisotopic (exact) mass is 250 g/mol. The first-order valence-corrected chi connectivity index (χ1v) is 6.50. The van der Waals surface area contributed by atoms with Crippen LogP contribution in [0.4, 0.5) is 0 Å². The molecule has 0 spiro atoms. The Balaban J connectivity index is 4.39. The van der Waals surface area contributed by atoms with Gasteiger partial charge in [0.2, 0.25) is 0 Å². The fourth-order valence-corrected chi connectivity index (χ4v) is 1.62. The largest absolute Gasteiger partial charge is 0.809 e. The van der Waals surface area contributed by atoms with Crippen LogP contribution in [-0.2, 0) is 9.36 Å². The minimum atomic E-state index is -5.04. The van der Waals surface area contributed by atoms with Gasteiger partial charge in [-0.3, -0.25) is 4.79 Å². The van der Waals surface area contributed by atoms with Crippen molar-refractivity contribution in [1.29, 1.82) is 0 Å². The van der Waals surface area contributed by atoms with E-state index in [9.17, 15) is 19.1 Å².